The molecule has 29 heavy (non-hydrogen) atoms. The lowest BCUT2D eigenvalue weighted by atomic mass is 10.1. The Morgan fingerprint density at radius 1 is 1.07 bits per heavy atom. The van der Waals surface area contributed by atoms with Crippen molar-refractivity contribution in [2.24, 2.45) is 0 Å². The minimum atomic E-state index is -3.68. The molecule has 10 heteroatoms. The molecule has 0 aliphatic heterocycles. The van der Waals surface area contributed by atoms with E-state index in [1.165, 1.54) is 28.9 Å². The largest absolute Gasteiger partial charge is 0.454 e. The number of hydrogen-bond acceptors (Lipinski definition) is 7. The topological polar surface area (TPSA) is 116 Å². The molecule has 0 saturated heterocycles. The van der Waals surface area contributed by atoms with Crippen LogP contribution in [0.1, 0.15) is 37.0 Å². The number of benzene rings is 2. The Kier molecular flexibility index (Phi) is 5.76. The molecule has 0 fully saturated rings. The molecular formula is C19H21N5O4S. The Morgan fingerprint density at radius 3 is 2.34 bits per heavy atom. The fourth-order valence-corrected chi connectivity index (χ4v) is 3.93. The maximum atomic E-state index is 12.3. The number of ether oxygens (including phenoxy) is 1. The summed E-state index contributed by atoms with van der Waals surface area (Å²) in [5.41, 5.74) is 0.349. The second kappa shape index (κ2) is 8.10. The van der Waals surface area contributed by atoms with Crippen LogP contribution in [0.5, 0.6) is 0 Å². The second-order valence-electron chi connectivity index (χ2n) is 7.30. The minimum absolute atomic E-state index is 0.0667. The average Bonchev–Trinajstić information content (AvgIpc) is 3.14. The van der Waals surface area contributed by atoms with Gasteiger partial charge in [-0.3, -0.25) is 0 Å². The molecule has 2 aromatic carbocycles. The molecule has 1 heterocycles. The highest BCUT2D eigenvalue weighted by molar-refractivity contribution is 7.89. The summed E-state index contributed by atoms with van der Waals surface area (Å²) in [7, 11) is -3.68. The molecule has 0 radical (unpaired) electrons. The molecule has 0 spiro atoms. The van der Waals surface area contributed by atoms with E-state index in [0.717, 1.165) is 5.69 Å². The van der Waals surface area contributed by atoms with Crippen LogP contribution >= 0.6 is 0 Å². The van der Waals surface area contributed by atoms with Crippen LogP contribution in [0.3, 0.4) is 0 Å². The van der Waals surface area contributed by atoms with E-state index >= 15 is 0 Å². The highest BCUT2D eigenvalue weighted by Gasteiger charge is 2.22. The van der Waals surface area contributed by atoms with Gasteiger partial charge in [0.25, 0.3) is 0 Å². The van der Waals surface area contributed by atoms with Crippen LogP contribution in [-0.2, 0) is 21.4 Å². The fraction of sp³-hybridized carbons (Fsp3) is 0.263. The number of aromatic nitrogens is 4. The van der Waals surface area contributed by atoms with Gasteiger partial charge in [-0.15, -0.1) is 5.10 Å². The minimum Gasteiger partial charge on any atom is -0.454 e. The van der Waals surface area contributed by atoms with Crippen molar-refractivity contribution in [1.82, 2.24) is 24.9 Å². The van der Waals surface area contributed by atoms with Crippen molar-refractivity contribution in [2.75, 3.05) is 0 Å². The third-order valence-electron chi connectivity index (χ3n) is 3.71. The number of tetrazole rings is 1. The van der Waals surface area contributed by atoms with Gasteiger partial charge in [0.15, 0.2) is 12.4 Å². The molecule has 0 aliphatic carbocycles. The summed E-state index contributed by atoms with van der Waals surface area (Å²) in [5, 5.41) is 11.4. The SMILES string of the molecule is CC(C)(C)NS(=O)(=O)c1ccc(C(=O)OCc2nnnn2-c2ccccc2)cc1. The first-order chi connectivity index (χ1) is 13.7. The highest BCUT2D eigenvalue weighted by atomic mass is 32.2. The zero-order valence-corrected chi connectivity index (χ0v) is 17.0. The second-order valence-corrected chi connectivity index (χ2v) is 8.98. The average molecular weight is 415 g/mol. The number of esters is 1. The van der Waals surface area contributed by atoms with Crippen molar-refractivity contribution in [1.29, 1.82) is 0 Å². The third-order valence-corrected chi connectivity index (χ3v) is 5.48. The van der Waals surface area contributed by atoms with Crippen LogP contribution in [0.4, 0.5) is 0 Å². The third kappa shape index (κ3) is 5.24. The van der Waals surface area contributed by atoms with Gasteiger partial charge in [-0.1, -0.05) is 18.2 Å². The van der Waals surface area contributed by atoms with Crippen LogP contribution in [0, 0.1) is 0 Å². The normalized spacial score (nSPS) is 12.0. The summed E-state index contributed by atoms with van der Waals surface area (Å²) in [6, 6.07) is 14.7. The summed E-state index contributed by atoms with van der Waals surface area (Å²) in [6.45, 7) is 5.12. The van der Waals surface area contributed by atoms with Crippen LogP contribution in [0.25, 0.3) is 5.69 Å². The Morgan fingerprint density at radius 2 is 1.72 bits per heavy atom. The van der Waals surface area contributed by atoms with E-state index < -0.39 is 21.5 Å². The van der Waals surface area contributed by atoms with E-state index in [1.54, 1.807) is 20.8 Å². The molecule has 3 aromatic rings. The summed E-state index contributed by atoms with van der Waals surface area (Å²) in [6.07, 6.45) is 0. The predicted octanol–water partition coefficient (Wildman–Crippen LogP) is 2.10. The van der Waals surface area contributed by atoms with E-state index in [0.29, 0.717) is 5.82 Å². The van der Waals surface area contributed by atoms with E-state index in [1.807, 2.05) is 30.3 Å². The van der Waals surface area contributed by atoms with E-state index in [4.69, 9.17) is 4.74 Å². The number of rotatable bonds is 6. The van der Waals surface area contributed by atoms with Gasteiger partial charge in [-0.2, -0.15) is 4.68 Å². The first-order valence-corrected chi connectivity index (χ1v) is 10.3. The van der Waals surface area contributed by atoms with Crippen molar-refractivity contribution in [3.8, 4) is 5.69 Å². The molecule has 0 bridgehead atoms. The van der Waals surface area contributed by atoms with Crippen LogP contribution in [-0.4, -0.2) is 40.1 Å². The van der Waals surface area contributed by atoms with Gasteiger partial charge in [0, 0.05) is 5.54 Å². The van der Waals surface area contributed by atoms with Gasteiger partial charge in [-0.05, 0) is 67.6 Å². The Hall–Kier alpha value is -3.11. The maximum Gasteiger partial charge on any atom is 0.338 e. The Bertz CT molecular complexity index is 1090. The van der Waals surface area contributed by atoms with Gasteiger partial charge in [0.05, 0.1) is 16.1 Å². The van der Waals surface area contributed by atoms with Gasteiger partial charge in [-0.25, -0.2) is 17.9 Å². The molecule has 0 unspecified atom stereocenters. The molecule has 0 atom stereocenters. The first-order valence-electron chi connectivity index (χ1n) is 8.79. The molecule has 0 aliphatic rings. The number of carbonyl (C=O) groups is 1. The lowest BCUT2D eigenvalue weighted by molar-refractivity contribution is 0.0459. The zero-order valence-electron chi connectivity index (χ0n) is 16.2. The predicted molar refractivity (Wildman–Crippen MR) is 105 cm³/mol. The number of hydrogen-bond donors (Lipinski definition) is 1. The molecule has 9 nitrogen and oxygen atoms in total. The summed E-state index contributed by atoms with van der Waals surface area (Å²) in [4.78, 5) is 12.4. The number of para-hydroxylation sites is 1. The van der Waals surface area contributed by atoms with Crippen molar-refractivity contribution < 1.29 is 17.9 Å². The van der Waals surface area contributed by atoms with Crippen LogP contribution in [0.2, 0.25) is 0 Å². The molecule has 3 rings (SSSR count). The van der Waals surface area contributed by atoms with Crippen molar-refractivity contribution in [2.45, 2.75) is 37.8 Å². The molecule has 0 saturated carbocycles. The highest BCUT2D eigenvalue weighted by Crippen LogP contribution is 2.15. The van der Waals surface area contributed by atoms with Gasteiger partial charge in [0.1, 0.15) is 0 Å². The van der Waals surface area contributed by atoms with Crippen LogP contribution < -0.4 is 4.72 Å². The van der Waals surface area contributed by atoms with Gasteiger partial charge >= 0.3 is 5.97 Å². The van der Waals surface area contributed by atoms with Gasteiger partial charge in [0.2, 0.25) is 10.0 Å². The van der Waals surface area contributed by atoms with E-state index in [-0.39, 0.29) is 17.1 Å². The number of nitrogens with zero attached hydrogens (tertiary/aromatic N) is 4. The standard InChI is InChI=1S/C19H21N5O4S/c1-19(2,3)21-29(26,27)16-11-9-14(10-12-16)18(25)28-13-17-20-22-23-24(17)15-7-5-4-6-8-15/h4-12,21H,13H2,1-3H3. The number of sulfonamides is 1. The molecule has 152 valence electrons. The molecule has 1 N–H and O–H groups in total. The lowest BCUT2D eigenvalue weighted by Gasteiger charge is -2.20. The Labute approximate surface area is 168 Å². The maximum absolute atomic E-state index is 12.3. The van der Waals surface area contributed by atoms with Crippen molar-refractivity contribution in [3.05, 3.63) is 66.0 Å². The monoisotopic (exact) mass is 415 g/mol. The number of carbonyl (C=O) groups excluding carboxylic acids is 1. The lowest BCUT2D eigenvalue weighted by Crippen LogP contribution is -2.40. The smallest absolute Gasteiger partial charge is 0.338 e. The molecular weight excluding hydrogens is 394 g/mol. The summed E-state index contributed by atoms with van der Waals surface area (Å²) < 4.78 is 34.0. The molecule has 1 aromatic heterocycles. The van der Waals surface area contributed by atoms with Crippen LogP contribution in [0.15, 0.2) is 59.5 Å². The zero-order chi connectivity index (χ0) is 21.1. The summed E-state index contributed by atoms with van der Waals surface area (Å²) >= 11 is 0. The van der Waals surface area contributed by atoms with Gasteiger partial charge < -0.3 is 4.74 Å². The van der Waals surface area contributed by atoms with Crippen molar-refractivity contribution >= 4 is 16.0 Å². The fourth-order valence-electron chi connectivity index (χ4n) is 2.51. The van der Waals surface area contributed by atoms with E-state index in [9.17, 15) is 13.2 Å². The van der Waals surface area contributed by atoms with Crippen molar-refractivity contribution in [3.63, 3.8) is 0 Å². The number of nitrogens with one attached hydrogen (secondary N) is 1. The quantitative estimate of drug-likeness (QED) is 0.613. The van der Waals surface area contributed by atoms with E-state index in [2.05, 4.69) is 20.2 Å². The Balaban J connectivity index is 1.68. The summed E-state index contributed by atoms with van der Waals surface area (Å²) in [5.74, 6) is -0.251. The molecule has 0 amide bonds. The first kappa shape index (κ1) is 20.6.